The van der Waals surface area contributed by atoms with Crippen LogP contribution in [0.1, 0.15) is 11.1 Å². The predicted octanol–water partition coefficient (Wildman–Crippen LogP) is 6.58. The Morgan fingerprint density at radius 2 is 1.47 bits per heavy atom. The maximum atomic E-state index is 12.5. The number of alkyl halides is 1. The average Bonchev–Trinajstić information content (AvgIpc) is 2.37. The van der Waals surface area contributed by atoms with Crippen molar-refractivity contribution in [1.82, 2.24) is 0 Å². The van der Waals surface area contributed by atoms with Crippen LogP contribution in [0.4, 0.5) is 8.78 Å². The number of halogens is 5. The van der Waals surface area contributed by atoms with Crippen LogP contribution in [0.25, 0.3) is 0 Å². The first-order chi connectivity index (χ1) is 8.95. The van der Waals surface area contributed by atoms with E-state index in [-0.39, 0.29) is 5.82 Å². The van der Waals surface area contributed by atoms with Crippen molar-refractivity contribution in [2.24, 2.45) is 0 Å². The molecular weight excluding hydrogens is 446 g/mol. The van der Waals surface area contributed by atoms with Gasteiger partial charge in [0.15, 0.2) is 0 Å². The highest BCUT2D eigenvalue weighted by Crippen LogP contribution is 2.25. The normalized spacial score (nSPS) is 9.79. The second-order valence-corrected chi connectivity index (χ2v) is 6.28. The van der Waals surface area contributed by atoms with E-state index in [0.29, 0.717) is 5.56 Å². The SMILES string of the molecule is Cc1c(Br)cc(F)cc1Br.FCc1ccccc1Br. The summed E-state index contributed by atoms with van der Waals surface area (Å²) in [5, 5.41) is 0. The molecule has 0 aliphatic heterocycles. The minimum Gasteiger partial charge on any atom is -0.246 e. The summed E-state index contributed by atoms with van der Waals surface area (Å²) in [6.45, 7) is 1.51. The molecule has 0 spiro atoms. The van der Waals surface area contributed by atoms with E-state index < -0.39 is 6.67 Å². The van der Waals surface area contributed by atoms with Gasteiger partial charge in [0.2, 0.25) is 0 Å². The van der Waals surface area contributed by atoms with E-state index in [1.54, 1.807) is 6.07 Å². The molecule has 102 valence electrons. The van der Waals surface area contributed by atoms with E-state index in [1.807, 2.05) is 25.1 Å². The summed E-state index contributed by atoms with van der Waals surface area (Å²) in [4.78, 5) is 0. The van der Waals surface area contributed by atoms with E-state index in [0.717, 1.165) is 19.0 Å². The van der Waals surface area contributed by atoms with Crippen molar-refractivity contribution in [3.8, 4) is 0 Å². The molecule has 19 heavy (non-hydrogen) atoms. The van der Waals surface area contributed by atoms with Crippen LogP contribution < -0.4 is 0 Å². The molecule has 0 saturated carbocycles. The Kier molecular flexibility index (Phi) is 7.18. The van der Waals surface area contributed by atoms with Gasteiger partial charge in [-0.25, -0.2) is 8.78 Å². The van der Waals surface area contributed by atoms with Crippen LogP contribution in [0.3, 0.4) is 0 Å². The second-order valence-electron chi connectivity index (χ2n) is 3.72. The highest BCUT2D eigenvalue weighted by Gasteiger charge is 2.01. The van der Waals surface area contributed by atoms with Gasteiger partial charge in [-0.2, -0.15) is 0 Å². The number of benzene rings is 2. The molecule has 0 radical (unpaired) electrons. The molecule has 0 amide bonds. The Morgan fingerprint density at radius 3 is 1.89 bits per heavy atom. The lowest BCUT2D eigenvalue weighted by Crippen LogP contribution is -1.80. The number of hydrogen-bond acceptors (Lipinski definition) is 0. The Balaban J connectivity index is 0.000000191. The van der Waals surface area contributed by atoms with E-state index in [2.05, 4.69) is 47.8 Å². The van der Waals surface area contributed by atoms with Crippen molar-refractivity contribution < 1.29 is 8.78 Å². The topological polar surface area (TPSA) is 0 Å². The molecular formula is C14H11Br3F2. The summed E-state index contributed by atoms with van der Waals surface area (Å²) >= 11 is 9.67. The molecule has 0 heterocycles. The van der Waals surface area contributed by atoms with Gasteiger partial charge >= 0.3 is 0 Å². The molecule has 0 atom stereocenters. The van der Waals surface area contributed by atoms with Gasteiger partial charge in [-0.05, 0) is 36.2 Å². The van der Waals surface area contributed by atoms with Crippen molar-refractivity contribution in [3.05, 3.63) is 66.8 Å². The predicted molar refractivity (Wildman–Crippen MR) is 85.5 cm³/mol. The van der Waals surface area contributed by atoms with Crippen LogP contribution in [-0.2, 0) is 6.67 Å². The minimum absolute atomic E-state index is 0.232. The zero-order chi connectivity index (χ0) is 14.4. The summed E-state index contributed by atoms with van der Waals surface area (Å²) < 4.78 is 26.9. The lowest BCUT2D eigenvalue weighted by Gasteiger charge is -1.99. The average molecular weight is 457 g/mol. The van der Waals surface area contributed by atoms with Crippen LogP contribution in [-0.4, -0.2) is 0 Å². The van der Waals surface area contributed by atoms with Crippen LogP contribution >= 0.6 is 47.8 Å². The van der Waals surface area contributed by atoms with Crippen LogP contribution in [0, 0.1) is 12.7 Å². The molecule has 0 N–H and O–H groups in total. The van der Waals surface area contributed by atoms with Gasteiger partial charge in [0.1, 0.15) is 12.5 Å². The monoisotopic (exact) mass is 454 g/mol. The molecule has 2 aromatic carbocycles. The third-order valence-electron chi connectivity index (χ3n) is 2.35. The van der Waals surface area contributed by atoms with Gasteiger partial charge in [0.25, 0.3) is 0 Å². The molecule has 0 bridgehead atoms. The van der Waals surface area contributed by atoms with E-state index in [9.17, 15) is 8.78 Å². The van der Waals surface area contributed by atoms with E-state index in [4.69, 9.17) is 0 Å². The zero-order valence-electron chi connectivity index (χ0n) is 10.1. The van der Waals surface area contributed by atoms with Crippen molar-refractivity contribution in [1.29, 1.82) is 0 Å². The van der Waals surface area contributed by atoms with Gasteiger partial charge in [0, 0.05) is 13.4 Å². The lowest BCUT2D eigenvalue weighted by molar-refractivity contribution is 0.484. The summed E-state index contributed by atoms with van der Waals surface area (Å²) in [7, 11) is 0. The molecule has 2 aromatic rings. The van der Waals surface area contributed by atoms with E-state index in [1.165, 1.54) is 12.1 Å². The van der Waals surface area contributed by atoms with Gasteiger partial charge in [-0.3, -0.25) is 0 Å². The van der Waals surface area contributed by atoms with Gasteiger partial charge in [-0.1, -0.05) is 66.0 Å². The van der Waals surface area contributed by atoms with E-state index >= 15 is 0 Å². The molecule has 0 aromatic heterocycles. The summed E-state index contributed by atoms with van der Waals surface area (Å²) in [5.41, 5.74) is 1.72. The van der Waals surface area contributed by atoms with Gasteiger partial charge in [0.05, 0.1) is 0 Å². The maximum Gasteiger partial charge on any atom is 0.125 e. The smallest absolute Gasteiger partial charge is 0.125 e. The van der Waals surface area contributed by atoms with Crippen LogP contribution in [0.2, 0.25) is 0 Å². The number of rotatable bonds is 1. The summed E-state index contributed by atoms with van der Waals surface area (Å²) in [6, 6.07) is 10.2. The van der Waals surface area contributed by atoms with Crippen molar-refractivity contribution in [2.75, 3.05) is 0 Å². The highest BCUT2D eigenvalue weighted by molar-refractivity contribution is 9.11. The third kappa shape index (κ3) is 5.32. The minimum atomic E-state index is -0.401. The molecule has 0 aliphatic carbocycles. The third-order valence-corrected chi connectivity index (χ3v) is 4.77. The van der Waals surface area contributed by atoms with Crippen LogP contribution in [0.15, 0.2) is 49.8 Å². The number of hydrogen-bond donors (Lipinski definition) is 0. The lowest BCUT2D eigenvalue weighted by atomic mass is 10.2. The fraction of sp³-hybridized carbons (Fsp3) is 0.143. The first kappa shape index (κ1) is 16.8. The molecule has 0 aliphatic rings. The second kappa shape index (κ2) is 8.12. The Bertz CT molecular complexity index is 533. The van der Waals surface area contributed by atoms with Crippen LogP contribution in [0.5, 0.6) is 0 Å². The van der Waals surface area contributed by atoms with Gasteiger partial charge < -0.3 is 0 Å². The fourth-order valence-electron chi connectivity index (χ4n) is 1.22. The molecule has 0 saturated heterocycles. The molecule has 5 heteroatoms. The first-order valence-corrected chi connectivity index (χ1v) is 7.74. The quantitative estimate of drug-likeness (QED) is 0.454. The maximum absolute atomic E-state index is 12.5. The standard InChI is InChI=1S/C7H5Br2F.C7H6BrF/c1-4-6(8)2-5(10)3-7(4)9;8-7-4-2-1-3-6(7)5-9/h2-3H,1H3;1-4H,5H2. The summed E-state index contributed by atoms with van der Waals surface area (Å²) in [6.07, 6.45) is 0. The zero-order valence-corrected chi connectivity index (χ0v) is 14.8. The summed E-state index contributed by atoms with van der Waals surface area (Å²) in [5.74, 6) is -0.232. The Labute approximate surface area is 136 Å². The molecule has 0 fully saturated rings. The fourth-order valence-corrected chi connectivity index (χ4v) is 2.74. The molecule has 2 rings (SSSR count). The molecule has 0 unspecified atom stereocenters. The van der Waals surface area contributed by atoms with Crippen molar-refractivity contribution in [3.63, 3.8) is 0 Å². The Hall–Kier alpha value is -0.260. The largest absolute Gasteiger partial charge is 0.246 e. The van der Waals surface area contributed by atoms with Crippen molar-refractivity contribution in [2.45, 2.75) is 13.6 Å². The first-order valence-electron chi connectivity index (χ1n) is 5.36. The van der Waals surface area contributed by atoms with Gasteiger partial charge in [-0.15, -0.1) is 0 Å². The van der Waals surface area contributed by atoms with Crippen molar-refractivity contribution >= 4 is 47.8 Å². The molecule has 0 nitrogen and oxygen atoms in total. The highest BCUT2D eigenvalue weighted by atomic mass is 79.9. The Morgan fingerprint density at radius 1 is 0.947 bits per heavy atom.